The molecule has 0 aliphatic heterocycles. The highest BCUT2D eigenvalue weighted by atomic mass is 16.5. The van der Waals surface area contributed by atoms with Crippen molar-refractivity contribution in [1.82, 2.24) is 19.7 Å². The predicted octanol–water partition coefficient (Wildman–Crippen LogP) is 4.14. The van der Waals surface area contributed by atoms with Crippen LogP contribution in [0, 0.1) is 22.7 Å². The van der Waals surface area contributed by atoms with Crippen LogP contribution in [0.2, 0.25) is 0 Å². The molecule has 166 valence electrons. The molecular weight excluding hydrogens is 430 g/mol. The molecule has 0 saturated heterocycles. The van der Waals surface area contributed by atoms with Gasteiger partial charge in [0.25, 0.3) is 5.91 Å². The number of carbonyl (C=O) groups is 1. The van der Waals surface area contributed by atoms with Gasteiger partial charge in [0.05, 0.1) is 29.6 Å². The van der Waals surface area contributed by atoms with E-state index in [0.717, 1.165) is 5.56 Å². The Kier molecular flexibility index (Phi) is 6.87. The minimum absolute atomic E-state index is 0.313. The first-order valence-electron chi connectivity index (χ1n) is 10.5. The van der Waals surface area contributed by atoms with Crippen LogP contribution in [0.1, 0.15) is 28.9 Å². The lowest BCUT2D eigenvalue weighted by Gasteiger charge is -2.08. The van der Waals surface area contributed by atoms with Gasteiger partial charge < -0.3 is 10.1 Å². The Hall–Kier alpha value is -5.02. The largest absolute Gasteiger partial charge is 0.478 e. The summed E-state index contributed by atoms with van der Waals surface area (Å²) < 4.78 is 6.99. The van der Waals surface area contributed by atoms with Crippen molar-refractivity contribution in [2.75, 3.05) is 11.9 Å². The van der Waals surface area contributed by atoms with Crippen molar-refractivity contribution >= 4 is 11.6 Å². The molecule has 0 aliphatic carbocycles. The fourth-order valence-corrected chi connectivity index (χ4v) is 3.13. The Morgan fingerprint density at radius 1 is 1.09 bits per heavy atom. The number of nitrogens with zero attached hydrogens (tertiary/aromatic N) is 6. The SMILES string of the molecule is N#CCCCOc1ccc(C(=O)Nc2ccc(-n3nc(-c4cccnc4)cc3C#N)cc2)cn1. The predicted molar refractivity (Wildman–Crippen MR) is 124 cm³/mol. The summed E-state index contributed by atoms with van der Waals surface area (Å²) in [5, 5.41) is 25.4. The lowest BCUT2D eigenvalue weighted by molar-refractivity contribution is 0.102. The molecule has 0 bridgehead atoms. The van der Waals surface area contributed by atoms with Gasteiger partial charge in [-0.1, -0.05) is 0 Å². The van der Waals surface area contributed by atoms with Crippen LogP contribution in [-0.4, -0.2) is 32.3 Å². The minimum Gasteiger partial charge on any atom is -0.478 e. The van der Waals surface area contributed by atoms with Gasteiger partial charge in [-0.15, -0.1) is 0 Å². The third-order valence-corrected chi connectivity index (χ3v) is 4.83. The number of ether oxygens (including phenoxy) is 1. The van der Waals surface area contributed by atoms with E-state index in [0.29, 0.717) is 53.7 Å². The summed E-state index contributed by atoms with van der Waals surface area (Å²) in [6, 6.07) is 19.9. The number of rotatable bonds is 8. The average molecular weight is 449 g/mol. The van der Waals surface area contributed by atoms with E-state index in [2.05, 4.69) is 32.5 Å². The highest BCUT2D eigenvalue weighted by molar-refractivity contribution is 6.04. The number of carbonyl (C=O) groups excluding carboxylic acids is 1. The number of nitrogens with one attached hydrogen (secondary N) is 1. The zero-order chi connectivity index (χ0) is 23.8. The van der Waals surface area contributed by atoms with Crippen molar-refractivity contribution in [2.45, 2.75) is 12.8 Å². The first-order valence-corrected chi connectivity index (χ1v) is 10.5. The van der Waals surface area contributed by atoms with Gasteiger partial charge in [0.1, 0.15) is 11.8 Å². The number of unbranched alkanes of at least 4 members (excludes halogenated alkanes) is 1. The summed E-state index contributed by atoms with van der Waals surface area (Å²) in [6.45, 7) is 0.395. The van der Waals surface area contributed by atoms with E-state index < -0.39 is 0 Å². The minimum atomic E-state index is -0.313. The van der Waals surface area contributed by atoms with Gasteiger partial charge in [-0.3, -0.25) is 9.78 Å². The van der Waals surface area contributed by atoms with E-state index >= 15 is 0 Å². The third-order valence-electron chi connectivity index (χ3n) is 4.83. The lowest BCUT2D eigenvalue weighted by atomic mass is 10.2. The van der Waals surface area contributed by atoms with Gasteiger partial charge in [0, 0.05) is 48.4 Å². The van der Waals surface area contributed by atoms with Crippen molar-refractivity contribution in [2.24, 2.45) is 0 Å². The van der Waals surface area contributed by atoms with E-state index in [1.165, 1.54) is 6.20 Å². The summed E-state index contributed by atoms with van der Waals surface area (Å²) in [7, 11) is 0. The van der Waals surface area contributed by atoms with Crippen LogP contribution in [0.25, 0.3) is 16.9 Å². The molecule has 4 rings (SSSR count). The first-order chi connectivity index (χ1) is 16.7. The fraction of sp³-hybridized carbons (Fsp3) is 0.120. The van der Waals surface area contributed by atoms with Crippen LogP contribution in [0.4, 0.5) is 5.69 Å². The zero-order valence-electron chi connectivity index (χ0n) is 18.0. The van der Waals surface area contributed by atoms with Crippen molar-refractivity contribution in [3.8, 4) is 35.0 Å². The molecule has 0 unspecified atom stereocenters. The van der Waals surface area contributed by atoms with Crippen molar-refractivity contribution < 1.29 is 9.53 Å². The lowest BCUT2D eigenvalue weighted by Crippen LogP contribution is -2.12. The van der Waals surface area contributed by atoms with Crippen LogP contribution in [-0.2, 0) is 0 Å². The fourth-order valence-electron chi connectivity index (χ4n) is 3.13. The number of aromatic nitrogens is 4. The van der Waals surface area contributed by atoms with Gasteiger partial charge in [-0.25, -0.2) is 9.67 Å². The standard InChI is InChI=1S/C25H19N7O2/c26-11-1-2-13-34-24-10-5-19(17-29-24)25(33)30-20-6-8-21(9-7-20)32-22(15-27)14-23(31-32)18-4-3-12-28-16-18/h3-10,12,14,16-17H,1-2,13H2,(H,30,33). The van der Waals surface area contributed by atoms with Gasteiger partial charge in [-0.05, 0) is 48.9 Å². The van der Waals surface area contributed by atoms with E-state index in [-0.39, 0.29) is 5.91 Å². The molecule has 0 radical (unpaired) electrons. The summed E-state index contributed by atoms with van der Waals surface area (Å²) >= 11 is 0. The van der Waals surface area contributed by atoms with Gasteiger partial charge in [0.15, 0.2) is 0 Å². The molecule has 3 heterocycles. The van der Waals surface area contributed by atoms with Crippen LogP contribution >= 0.6 is 0 Å². The highest BCUT2D eigenvalue weighted by Gasteiger charge is 2.12. The molecule has 0 atom stereocenters. The molecule has 34 heavy (non-hydrogen) atoms. The molecule has 3 aromatic heterocycles. The molecule has 0 fully saturated rings. The number of hydrogen-bond donors (Lipinski definition) is 1. The van der Waals surface area contributed by atoms with E-state index in [9.17, 15) is 10.1 Å². The second-order valence-electron chi connectivity index (χ2n) is 7.18. The summed E-state index contributed by atoms with van der Waals surface area (Å²) in [4.78, 5) is 20.8. The molecule has 1 aromatic carbocycles. The molecule has 0 saturated carbocycles. The Morgan fingerprint density at radius 3 is 2.62 bits per heavy atom. The summed E-state index contributed by atoms with van der Waals surface area (Å²) in [5.41, 5.74) is 3.50. The second kappa shape index (κ2) is 10.5. The zero-order valence-corrected chi connectivity index (χ0v) is 18.0. The summed E-state index contributed by atoms with van der Waals surface area (Å²) in [6.07, 6.45) is 5.84. The van der Waals surface area contributed by atoms with Crippen LogP contribution in [0.3, 0.4) is 0 Å². The molecule has 1 N–H and O–H groups in total. The topological polar surface area (TPSA) is 130 Å². The Labute approximate surface area is 195 Å². The van der Waals surface area contributed by atoms with Gasteiger partial charge >= 0.3 is 0 Å². The Bertz CT molecular complexity index is 1350. The molecular formula is C25H19N7O2. The Balaban J connectivity index is 1.42. The number of benzene rings is 1. The maximum atomic E-state index is 12.5. The van der Waals surface area contributed by atoms with Crippen molar-refractivity contribution in [1.29, 1.82) is 10.5 Å². The number of anilines is 1. The molecule has 0 spiro atoms. The van der Waals surface area contributed by atoms with Crippen LogP contribution < -0.4 is 10.1 Å². The molecule has 9 heteroatoms. The number of amides is 1. The second-order valence-corrected chi connectivity index (χ2v) is 7.18. The highest BCUT2D eigenvalue weighted by Crippen LogP contribution is 2.22. The van der Waals surface area contributed by atoms with Gasteiger partial charge in [0.2, 0.25) is 5.88 Å². The maximum absolute atomic E-state index is 12.5. The van der Waals surface area contributed by atoms with Crippen LogP contribution in [0.15, 0.2) is 73.2 Å². The monoisotopic (exact) mass is 449 g/mol. The Morgan fingerprint density at radius 2 is 1.94 bits per heavy atom. The maximum Gasteiger partial charge on any atom is 0.257 e. The van der Waals surface area contributed by atoms with Crippen LogP contribution in [0.5, 0.6) is 5.88 Å². The summed E-state index contributed by atoms with van der Waals surface area (Å²) in [5.74, 6) is 0.0870. The average Bonchev–Trinajstić information content (AvgIpc) is 3.32. The number of pyridine rings is 2. The smallest absolute Gasteiger partial charge is 0.257 e. The molecule has 9 nitrogen and oxygen atoms in total. The molecule has 4 aromatic rings. The molecule has 0 aliphatic rings. The quantitative estimate of drug-likeness (QED) is 0.400. The third kappa shape index (κ3) is 5.23. The first kappa shape index (κ1) is 22.2. The van der Waals surface area contributed by atoms with Crippen molar-refractivity contribution in [3.63, 3.8) is 0 Å². The van der Waals surface area contributed by atoms with Gasteiger partial charge in [-0.2, -0.15) is 15.6 Å². The van der Waals surface area contributed by atoms with Crippen molar-refractivity contribution in [3.05, 3.63) is 84.4 Å². The normalized spacial score (nSPS) is 10.2. The van der Waals surface area contributed by atoms with E-state index in [4.69, 9.17) is 10.00 Å². The van der Waals surface area contributed by atoms with E-state index in [1.807, 2.05) is 12.1 Å². The number of nitriles is 2. The van der Waals surface area contributed by atoms with E-state index in [1.54, 1.807) is 59.5 Å². The molecule has 1 amide bonds. The number of hydrogen-bond acceptors (Lipinski definition) is 7.